The Bertz CT molecular complexity index is 272. The first-order chi connectivity index (χ1) is 5.75. The van der Waals surface area contributed by atoms with Gasteiger partial charge in [-0.1, -0.05) is 11.6 Å². The fraction of sp³-hybridized carbons (Fsp3) is 0.333. The quantitative estimate of drug-likeness (QED) is 0.612. The Morgan fingerprint density at radius 3 is 3.08 bits per heavy atom. The molecule has 1 amide bonds. The molecule has 0 spiro atoms. The molecule has 0 atom stereocenters. The lowest BCUT2D eigenvalue weighted by Crippen LogP contribution is -2.28. The fourth-order valence-electron chi connectivity index (χ4n) is 0.710. The summed E-state index contributed by atoms with van der Waals surface area (Å²) < 4.78 is 0. The van der Waals surface area contributed by atoms with Crippen LogP contribution in [0.2, 0.25) is 5.15 Å². The summed E-state index contributed by atoms with van der Waals surface area (Å²) in [6, 6.07) is 0. The minimum absolute atomic E-state index is 0.240. The van der Waals surface area contributed by atoms with Crippen molar-refractivity contribution in [1.82, 2.24) is 15.5 Å². The molecule has 1 heterocycles. The van der Waals surface area contributed by atoms with Crippen molar-refractivity contribution in [1.29, 1.82) is 0 Å². The Morgan fingerprint density at radius 1 is 1.83 bits per heavy atom. The van der Waals surface area contributed by atoms with Crippen molar-refractivity contribution in [3.05, 3.63) is 16.9 Å². The highest BCUT2D eigenvalue weighted by molar-refractivity contribution is 6.32. The number of carbonyl (C=O) groups is 1. The van der Waals surface area contributed by atoms with Gasteiger partial charge in [0.25, 0.3) is 5.91 Å². The number of nitrogens with one attached hydrogen (secondary N) is 2. The zero-order chi connectivity index (χ0) is 8.97. The Morgan fingerprint density at radius 2 is 2.58 bits per heavy atom. The van der Waals surface area contributed by atoms with Crippen molar-refractivity contribution >= 4 is 17.5 Å². The van der Waals surface area contributed by atoms with Gasteiger partial charge in [0.1, 0.15) is 5.15 Å². The summed E-state index contributed by atoms with van der Waals surface area (Å²) in [5.74, 6) is -0.265. The maximum atomic E-state index is 11.2. The maximum Gasteiger partial charge on any atom is 0.256 e. The number of hydrogen-bond donors (Lipinski definition) is 3. The summed E-state index contributed by atoms with van der Waals surface area (Å²) >= 11 is 5.60. The Kier molecular flexibility index (Phi) is 3.07. The second-order valence-electron chi connectivity index (χ2n) is 2.14. The number of carbonyl (C=O) groups excluding carboxylic acids is 1. The number of H-pyrrole nitrogens is 1. The third kappa shape index (κ3) is 1.96. The van der Waals surface area contributed by atoms with Crippen LogP contribution in [-0.2, 0) is 0 Å². The summed E-state index contributed by atoms with van der Waals surface area (Å²) in [5, 5.41) is 8.86. The molecule has 1 aromatic rings. The van der Waals surface area contributed by atoms with Crippen molar-refractivity contribution in [3.8, 4) is 0 Å². The van der Waals surface area contributed by atoms with Crippen molar-refractivity contribution in [2.45, 2.75) is 0 Å². The molecular weight excluding hydrogens is 180 g/mol. The van der Waals surface area contributed by atoms with E-state index in [2.05, 4.69) is 15.5 Å². The van der Waals surface area contributed by atoms with Gasteiger partial charge < -0.3 is 11.1 Å². The molecule has 0 aromatic carbocycles. The molecular formula is C6H9ClN4O. The van der Waals surface area contributed by atoms with Crippen LogP contribution in [0.4, 0.5) is 0 Å². The van der Waals surface area contributed by atoms with Gasteiger partial charge >= 0.3 is 0 Å². The standard InChI is InChI=1S/C6H9ClN4O/c7-5-4(3-10-11-5)6(12)9-2-1-8/h3H,1-2,8H2,(H,9,12)(H,10,11). The number of rotatable bonds is 3. The number of hydrogen-bond acceptors (Lipinski definition) is 3. The SMILES string of the molecule is NCCNC(=O)c1cn[nH]c1Cl. The van der Waals surface area contributed by atoms with Gasteiger partial charge in [-0.25, -0.2) is 0 Å². The van der Waals surface area contributed by atoms with E-state index in [4.69, 9.17) is 17.3 Å². The van der Waals surface area contributed by atoms with Crippen LogP contribution in [0.3, 0.4) is 0 Å². The van der Waals surface area contributed by atoms with Gasteiger partial charge in [0.15, 0.2) is 0 Å². The molecule has 0 bridgehead atoms. The Balaban J connectivity index is 2.59. The molecule has 0 fully saturated rings. The Hall–Kier alpha value is -1.07. The predicted octanol–water partition coefficient (Wildman–Crippen LogP) is -0.248. The normalized spacial score (nSPS) is 9.83. The van der Waals surface area contributed by atoms with Crippen molar-refractivity contribution in [3.63, 3.8) is 0 Å². The van der Waals surface area contributed by atoms with Crippen LogP contribution in [-0.4, -0.2) is 29.2 Å². The zero-order valence-electron chi connectivity index (χ0n) is 6.30. The monoisotopic (exact) mass is 188 g/mol. The lowest BCUT2D eigenvalue weighted by Gasteiger charge is -1.99. The zero-order valence-corrected chi connectivity index (χ0v) is 7.06. The third-order valence-electron chi connectivity index (χ3n) is 1.27. The molecule has 5 nitrogen and oxygen atoms in total. The summed E-state index contributed by atoms with van der Waals surface area (Å²) in [4.78, 5) is 11.2. The second-order valence-corrected chi connectivity index (χ2v) is 2.52. The van der Waals surface area contributed by atoms with Gasteiger partial charge in [-0.15, -0.1) is 0 Å². The molecule has 1 rings (SSSR count). The molecule has 0 saturated carbocycles. The molecule has 6 heteroatoms. The molecule has 12 heavy (non-hydrogen) atoms. The average molecular weight is 189 g/mol. The lowest BCUT2D eigenvalue weighted by atomic mass is 10.3. The van der Waals surface area contributed by atoms with Crippen LogP contribution in [0, 0.1) is 0 Å². The molecule has 0 aliphatic rings. The summed E-state index contributed by atoms with van der Waals surface area (Å²) in [7, 11) is 0. The van der Waals surface area contributed by atoms with Crippen LogP contribution in [0.15, 0.2) is 6.20 Å². The minimum Gasteiger partial charge on any atom is -0.351 e. The fourth-order valence-corrected chi connectivity index (χ4v) is 0.893. The topological polar surface area (TPSA) is 83.8 Å². The first-order valence-electron chi connectivity index (χ1n) is 3.43. The van der Waals surface area contributed by atoms with E-state index in [1.165, 1.54) is 6.20 Å². The van der Waals surface area contributed by atoms with E-state index in [-0.39, 0.29) is 11.1 Å². The van der Waals surface area contributed by atoms with Crippen molar-refractivity contribution in [2.24, 2.45) is 5.73 Å². The van der Waals surface area contributed by atoms with E-state index in [9.17, 15) is 4.79 Å². The maximum absolute atomic E-state index is 11.2. The van der Waals surface area contributed by atoms with Crippen LogP contribution in [0.1, 0.15) is 10.4 Å². The second kappa shape index (κ2) is 4.08. The highest BCUT2D eigenvalue weighted by atomic mass is 35.5. The first kappa shape index (κ1) is 9.02. The van der Waals surface area contributed by atoms with E-state index < -0.39 is 0 Å². The summed E-state index contributed by atoms with van der Waals surface area (Å²) in [6.45, 7) is 0.835. The smallest absolute Gasteiger partial charge is 0.256 e. The first-order valence-corrected chi connectivity index (χ1v) is 3.80. The van der Waals surface area contributed by atoms with Gasteiger partial charge in [-0.2, -0.15) is 5.10 Å². The van der Waals surface area contributed by atoms with Crippen molar-refractivity contribution in [2.75, 3.05) is 13.1 Å². The van der Waals surface area contributed by atoms with E-state index in [1.807, 2.05) is 0 Å². The van der Waals surface area contributed by atoms with Crippen LogP contribution < -0.4 is 11.1 Å². The van der Waals surface area contributed by atoms with E-state index in [1.54, 1.807) is 0 Å². The molecule has 0 aliphatic carbocycles. The molecule has 66 valence electrons. The molecule has 4 N–H and O–H groups in total. The molecule has 0 aliphatic heterocycles. The number of aromatic nitrogens is 2. The highest BCUT2D eigenvalue weighted by Crippen LogP contribution is 2.09. The number of nitrogens with two attached hydrogens (primary N) is 1. The lowest BCUT2D eigenvalue weighted by molar-refractivity contribution is 0.0955. The number of nitrogens with zero attached hydrogens (tertiary/aromatic N) is 1. The van der Waals surface area contributed by atoms with Crippen LogP contribution >= 0.6 is 11.6 Å². The van der Waals surface area contributed by atoms with E-state index in [0.717, 1.165) is 0 Å². The van der Waals surface area contributed by atoms with Gasteiger partial charge in [0.2, 0.25) is 0 Å². The summed E-state index contributed by atoms with van der Waals surface area (Å²) in [5.41, 5.74) is 5.54. The molecule has 0 unspecified atom stereocenters. The predicted molar refractivity (Wildman–Crippen MR) is 45.0 cm³/mol. The van der Waals surface area contributed by atoms with E-state index >= 15 is 0 Å². The third-order valence-corrected chi connectivity index (χ3v) is 1.56. The van der Waals surface area contributed by atoms with Gasteiger partial charge in [-0.05, 0) is 0 Å². The largest absolute Gasteiger partial charge is 0.351 e. The number of amides is 1. The van der Waals surface area contributed by atoms with Gasteiger partial charge in [-0.3, -0.25) is 9.89 Å². The highest BCUT2D eigenvalue weighted by Gasteiger charge is 2.10. The summed E-state index contributed by atoms with van der Waals surface area (Å²) in [6.07, 6.45) is 1.37. The number of halogens is 1. The Labute approximate surface area is 74.3 Å². The van der Waals surface area contributed by atoms with Crippen LogP contribution in [0.5, 0.6) is 0 Å². The molecule has 0 saturated heterocycles. The van der Waals surface area contributed by atoms with Crippen LogP contribution in [0.25, 0.3) is 0 Å². The molecule has 1 aromatic heterocycles. The van der Waals surface area contributed by atoms with Crippen molar-refractivity contribution < 1.29 is 4.79 Å². The minimum atomic E-state index is -0.265. The van der Waals surface area contributed by atoms with Gasteiger partial charge in [0, 0.05) is 13.1 Å². The molecule has 0 radical (unpaired) electrons. The number of aromatic amines is 1. The van der Waals surface area contributed by atoms with E-state index in [0.29, 0.717) is 18.7 Å². The van der Waals surface area contributed by atoms with Gasteiger partial charge in [0.05, 0.1) is 11.8 Å². The average Bonchev–Trinajstić information content (AvgIpc) is 2.47.